The van der Waals surface area contributed by atoms with Crippen molar-refractivity contribution in [2.45, 2.75) is 37.1 Å². The highest BCUT2D eigenvalue weighted by Gasteiger charge is 2.38. The Balaban J connectivity index is 1.63. The van der Waals surface area contributed by atoms with Gasteiger partial charge in [0.15, 0.2) is 0 Å². The van der Waals surface area contributed by atoms with E-state index in [2.05, 4.69) is 5.32 Å². The van der Waals surface area contributed by atoms with Gasteiger partial charge in [-0.1, -0.05) is 12.1 Å². The number of rotatable bonds is 4. The highest BCUT2D eigenvalue weighted by Crippen LogP contribution is 2.35. The fraction of sp³-hybridized carbons (Fsp3) is 0.333. The minimum atomic E-state index is -3.61. The minimum absolute atomic E-state index is 0.0271. The van der Waals surface area contributed by atoms with Gasteiger partial charge < -0.3 is 5.32 Å². The molecule has 1 atom stereocenters. The predicted molar refractivity (Wildman–Crippen MR) is 110 cm³/mol. The van der Waals surface area contributed by atoms with Crippen LogP contribution in [0.2, 0.25) is 0 Å². The third kappa shape index (κ3) is 3.59. The second-order valence-electron chi connectivity index (χ2n) is 7.48. The fourth-order valence-corrected chi connectivity index (χ4v) is 5.61. The predicted octanol–water partition coefficient (Wildman–Crippen LogP) is 2.53. The van der Waals surface area contributed by atoms with Gasteiger partial charge in [0.05, 0.1) is 10.6 Å². The van der Waals surface area contributed by atoms with Crippen molar-refractivity contribution in [1.29, 1.82) is 0 Å². The summed E-state index contributed by atoms with van der Waals surface area (Å²) < 4.78 is 41.1. The van der Waals surface area contributed by atoms with E-state index in [1.807, 2.05) is 0 Å². The number of carbonyl (C=O) groups excluding carboxylic acids is 2. The van der Waals surface area contributed by atoms with Crippen molar-refractivity contribution < 1.29 is 22.4 Å². The zero-order valence-corrected chi connectivity index (χ0v) is 17.3. The van der Waals surface area contributed by atoms with Crippen molar-refractivity contribution in [2.24, 2.45) is 0 Å². The first-order valence-corrected chi connectivity index (χ1v) is 11.2. The van der Waals surface area contributed by atoms with E-state index in [-0.39, 0.29) is 22.9 Å². The molecule has 0 radical (unpaired) electrons. The van der Waals surface area contributed by atoms with Crippen LogP contribution in [0.3, 0.4) is 0 Å². The van der Waals surface area contributed by atoms with E-state index >= 15 is 0 Å². The normalized spacial score (nSPS) is 19.0. The fourth-order valence-electron chi connectivity index (χ4n) is 4.04. The third-order valence-corrected chi connectivity index (χ3v) is 7.41. The SMILES string of the molecule is CC(=O)N1c2ccc(S(=O)(=O)N3CCCC3)cc2C[C@H]1C(=O)Nc1ccccc1F. The number of halogens is 1. The Morgan fingerprint density at radius 3 is 2.47 bits per heavy atom. The molecule has 0 aromatic heterocycles. The van der Waals surface area contributed by atoms with Crippen molar-refractivity contribution in [3.8, 4) is 0 Å². The molecule has 0 unspecified atom stereocenters. The number of amides is 2. The Morgan fingerprint density at radius 2 is 1.80 bits per heavy atom. The zero-order valence-electron chi connectivity index (χ0n) is 16.5. The number of anilines is 2. The smallest absolute Gasteiger partial charge is 0.247 e. The summed E-state index contributed by atoms with van der Waals surface area (Å²) in [5, 5.41) is 2.53. The number of carbonyl (C=O) groups is 2. The number of nitrogens with one attached hydrogen (secondary N) is 1. The zero-order chi connectivity index (χ0) is 21.5. The van der Waals surface area contributed by atoms with Crippen LogP contribution in [0.15, 0.2) is 47.4 Å². The van der Waals surface area contributed by atoms with E-state index in [1.54, 1.807) is 12.1 Å². The van der Waals surface area contributed by atoms with Crippen LogP contribution in [0.1, 0.15) is 25.3 Å². The lowest BCUT2D eigenvalue weighted by Crippen LogP contribution is -2.44. The molecule has 7 nitrogen and oxygen atoms in total. The maximum atomic E-state index is 13.9. The molecule has 2 aliphatic heterocycles. The highest BCUT2D eigenvalue weighted by molar-refractivity contribution is 7.89. The van der Waals surface area contributed by atoms with Crippen LogP contribution in [0.4, 0.5) is 15.8 Å². The van der Waals surface area contributed by atoms with Crippen molar-refractivity contribution in [3.63, 3.8) is 0 Å². The van der Waals surface area contributed by atoms with Crippen LogP contribution >= 0.6 is 0 Å². The van der Waals surface area contributed by atoms with Gasteiger partial charge in [0.2, 0.25) is 21.8 Å². The standard InChI is InChI=1S/C21H22FN3O4S/c1-14(26)25-19-9-8-16(30(28,29)24-10-4-5-11-24)12-15(19)13-20(25)21(27)23-18-7-3-2-6-17(18)22/h2-3,6-9,12,20H,4-5,10-11,13H2,1H3,(H,23,27)/t20-/m0/s1. The van der Waals surface area contributed by atoms with E-state index in [1.165, 1.54) is 46.5 Å². The molecule has 2 amide bonds. The van der Waals surface area contributed by atoms with Gasteiger partial charge in [0, 0.05) is 32.1 Å². The van der Waals surface area contributed by atoms with Crippen LogP contribution in [0, 0.1) is 5.82 Å². The molecule has 0 spiro atoms. The molecular formula is C21H22FN3O4S. The van der Waals surface area contributed by atoms with Crippen LogP contribution in [0.25, 0.3) is 0 Å². The molecule has 0 saturated carbocycles. The topological polar surface area (TPSA) is 86.8 Å². The molecule has 2 heterocycles. The first kappa shape index (κ1) is 20.5. The van der Waals surface area contributed by atoms with Gasteiger partial charge in [-0.05, 0) is 48.7 Å². The van der Waals surface area contributed by atoms with Gasteiger partial charge in [-0.3, -0.25) is 14.5 Å². The van der Waals surface area contributed by atoms with Crippen molar-refractivity contribution >= 4 is 33.2 Å². The Bertz CT molecular complexity index is 1110. The second-order valence-corrected chi connectivity index (χ2v) is 9.42. The maximum Gasteiger partial charge on any atom is 0.247 e. The van der Waals surface area contributed by atoms with Crippen LogP contribution in [-0.4, -0.2) is 43.7 Å². The summed E-state index contributed by atoms with van der Waals surface area (Å²) in [5.74, 6) is -1.46. The number of nitrogens with zero attached hydrogens (tertiary/aromatic N) is 2. The van der Waals surface area contributed by atoms with Gasteiger partial charge >= 0.3 is 0 Å². The van der Waals surface area contributed by atoms with Crippen LogP contribution < -0.4 is 10.2 Å². The summed E-state index contributed by atoms with van der Waals surface area (Å²) in [4.78, 5) is 26.6. The van der Waals surface area contributed by atoms with E-state index in [9.17, 15) is 22.4 Å². The Kier molecular flexibility index (Phi) is 5.33. The van der Waals surface area contributed by atoms with Crippen molar-refractivity contribution in [2.75, 3.05) is 23.3 Å². The average Bonchev–Trinajstić information content (AvgIpc) is 3.37. The molecular weight excluding hydrogens is 409 g/mol. The van der Waals surface area contributed by atoms with Crippen LogP contribution in [0.5, 0.6) is 0 Å². The second kappa shape index (κ2) is 7.81. The van der Waals surface area contributed by atoms with Crippen LogP contribution in [-0.2, 0) is 26.0 Å². The van der Waals surface area contributed by atoms with E-state index in [0.717, 1.165) is 12.8 Å². The lowest BCUT2D eigenvalue weighted by Gasteiger charge is -2.23. The molecule has 2 aromatic rings. The summed E-state index contributed by atoms with van der Waals surface area (Å²) in [6, 6.07) is 9.47. The van der Waals surface area contributed by atoms with Gasteiger partial charge in [-0.2, -0.15) is 4.31 Å². The molecule has 1 fully saturated rings. The number of para-hydroxylation sites is 1. The molecule has 9 heteroatoms. The Morgan fingerprint density at radius 1 is 1.10 bits per heavy atom. The molecule has 0 aliphatic carbocycles. The summed E-state index contributed by atoms with van der Waals surface area (Å²) in [6.07, 6.45) is 1.82. The first-order valence-electron chi connectivity index (χ1n) is 9.77. The average molecular weight is 431 g/mol. The van der Waals surface area contributed by atoms with E-state index in [4.69, 9.17) is 0 Å². The minimum Gasteiger partial charge on any atom is -0.322 e. The van der Waals surface area contributed by atoms with Crippen molar-refractivity contribution in [1.82, 2.24) is 4.31 Å². The van der Waals surface area contributed by atoms with Gasteiger partial charge in [0.25, 0.3) is 0 Å². The number of fused-ring (bicyclic) bond motifs is 1. The summed E-state index contributed by atoms with van der Waals surface area (Å²) >= 11 is 0. The molecule has 2 aromatic carbocycles. The van der Waals surface area contributed by atoms with Gasteiger partial charge in [-0.25, -0.2) is 12.8 Å². The lowest BCUT2D eigenvalue weighted by atomic mass is 10.1. The monoisotopic (exact) mass is 431 g/mol. The van der Waals surface area contributed by atoms with E-state index < -0.39 is 27.8 Å². The summed E-state index contributed by atoms with van der Waals surface area (Å²) in [7, 11) is -3.61. The highest BCUT2D eigenvalue weighted by atomic mass is 32.2. The number of benzene rings is 2. The molecule has 4 rings (SSSR count). The Hall–Kier alpha value is -2.78. The summed E-state index contributed by atoms with van der Waals surface area (Å²) in [6.45, 7) is 2.33. The number of hydrogen-bond acceptors (Lipinski definition) is 4. The molecule has 158 valence electrons. The molecule has 2 aliphatic rings. The quantitative estimate of drug-likeness (QED) is 0.806. The van der Waals surface area contributed by atoms with E-state index in [0.29, 0.717) is 24.3 Å². The summed E-state index contributed by atoms with van der Waals surface area (Å²) in [5.41, 5.74) is 1.12. The largest absolute Gasteiger partial charge is 0.322 e. The Labute approximate surface area is 174 Å². The lowest BCUT2D eigenvalue weighted by molar-refractivity contribution is -0.122. The molecule has 30 heavy (non-hydrogen) atoms. The maximum absolute atomic E-state index is 13.9. The number of hydrogen-bond donors (Lipinski definition) is 1. The van der Waals surface area contributed by atoms with Gasteiger partial charge in [-0.15, -0.1) is 0 Å². The number of sulfonamides is 1. The first-order chi connectivity index (χ1) is 14.3. The molecule has 1 N–H and O–H groups in total. The van der Waals surface area contributed by atoms with Crippen molar-refractivity contribution in [3.05, 3.63) is 53.8 Å². The molecule has 1 saturated heterocycles. The van der Waals surface area contributed by atoms with Gasteiger partial charge in [0.1, 0.15) is 11.9 Å². The third-order valence-electron chi connectivity index (χ3n) is 5.51. The molecule has 0 bridgehead atoms.